The Balaban J connectivity index is 2.35. The summed E-state index contributed by atoms with van der Waals surface area (Å²) in [5, 5.41) is 6.84. The first-order chi connectivity index (χ1) is 8.47. The highest BCUT2D eigenvalue weighted by molar-refractivity contribution is 6.35. The van der Waals surface area contributed by atoms with Gasteiger partial charge in [-0.05, 0) is 37.1 Å². The minimum atomic E-state index is -0.0999. The molecule has 1 rings (SSSR count). The lowest BCUT2D eigenvalue weighted by Crippen LogP contribution is -2.29. The summed E-state index contributed by atoms with van der Waals surface area (Å²) in [6.45, 7) is 5.42. The number of anilines is 1. The minimum Gasteiger partial charge on any atom is -0.325 e. The van der Waals surface area contributed by atoms with E-state index in [2.05, 4.69) is 24.5 Å². The Morgan fingerprint density at radius 3 is 2.39 bits per heavy atom. The van der Waals surface area contributed by atoms with Crippen LogP contribution >= 0.6 is 23.2 Å². The Morgan fingerprint density at radius 1 is 1.22 bits per heavy atom. The van der Waals surface area contributed by atoms with Gasteiger partial charge in [0.15, 0.2) is 0 Å². The standard InChI is InChI=1S/C13H18Cl2N2O/c1-9(2)3-4-16-8-13(18)17-12-6-10(14)5-11(15)7-12/h5-7,9,16H,3-4,8H2,1-2H3,(H,17,18). The van der Waals surface area contributed by atoms with Gasteiger partial charge in [0.1, 0.15) is 0 Å². The molecule has 1 aromatic rings. The summed E-state index contributed by atoms with van der Waals surface area (Å²) >= 11 is 11.7. The van der Waals surface area contributed by atoms with Crippen LogP contribution < -0.4 is 10.6 Å². The number of carbonyl (C=O) groups is 1. The fourth-order valence-corrected chi connectivity index (χ4v) is 1.95. The van der Waals surface area contributed by atoms with Gasteiger partial charge in [0.25, 0.3) is 0 Å². The quantitative estimate of drug-likeness (QED) is 0.786. The zero-order valence-corrected chi connectivity index (χ0v) is 12.1. The number of rotatable bonds is 6. The molecule has 0 radical (unpaired) electrons. The maximum Gasteiger partial charge on any atom is 0.238 e. The second-order valence-corrected chi connectivity index (χ2v) is 5.44. The van der Waals surface area contributed by atoms with Crippen molar-refractivity contribution >= 4 is 34.8 Å². The molecule has 1 aromatic carbocycles. The van der Waals surface area contributed by atoms with Crippen LogP contribution in [0.25, 0.3) is 0 Å². The van der Waals surface area contributed by atoms with Crippen LogP contribution in [0.3, 0.4) is 0 Å². The zero-order chi connectivity index (χ0) is 13.5. The smallest absolute Gasteiger partial charge is 0.238 e. The van der Waals surface area contributed by atoms with Crippen LogP contribution in [0.2, 0.25) is 10.0 Å². The second-order valence-electron chi connectivity index (χ2n) is 4.57. The Morgan fingerprint density at radius 2 is 1.83 bits per heavy atom. The van der Waals surface area contributed by atoms with E-state index in [9.17, 15) is 4.79 Å². The van der Waals surface area contributed by atoms with E-state index in [1.54, 1.807) is 18.2 Å². The maximum absolute atomic E-state index is 11.6. The van der Waals surface area contributed by atoms with E-state index in [1.807, 2.05) is 0 Å². The van der Waals surface area contributed by atoms with Gasteiger partial charge in [0.05, 0.1) is 6.54 Å². The van der Waals surface area contributed by atoms with E-state index < -0.39 is 0 Å². The van der Waals surface area contributed by atoms with E-state index >= 15 is 0 Å². The average molecular weight is 289 g/mol. The monoisotopic (exact) mass is 288 g/mol. The van der Waals surface area contributed by atoms with Crippen LogP contribution in [-0.2, 0) is 4.79 Å². The lowest BCUT2D eigenvalue weighted by atomic mass is 10.1. The molecule has 18 heavy (non-hydrogen) atoms. The number of nitrogens with one attached hydrogen (secondary N) is 2. The molecule has 1 amide bonds. The van der Waals surface area contributed by atoms with Crippen LogP contribution in [0.15, 0.2) is 18.2 Å². The van der Waals surface area contributed by atoms with E-state index in [-0.39, 0.29) is 12.5 Å². The molecule has 5 heteroatoms. The molecule has 0 bridgehead atoms. The Bertz CT molecular complexity index is 388. The summed E-state index contributed by atoms with van der Waals surface area (Å²) in [4.78, 5) is 11.6. The molecule has 3 nitrogen and oxygen atoms in total. The summed E-state index contributed by atoms with van der Waals surface area (Å²) in [6.07, 6.45) is 1.05. The first kappa shape index (κ1) is 15.3. The molecule has 0 saturated heterocycles. The molecular weight excluding hydrogens is 271 g/mol. The number of carbonyl (C=O) groups excluding carboxylic acids is 1. The van der Waals surface area contributed by atoms with Crippen molar-refractivity contribution < 1.29 is 4.79 Å². The van der Waals surface area contributed by atoms with E-state index in [1.165, 1.54) is 0 Å². The first-order valence-corrected chi connectivity index (χ1v) is 6.69. The molecule has 0 fully saturated rings. The molecule has 0 aliphatic rings. The third-order valence-corrected chi connectivity index (χ3v) is 2.77. The lowest BCUT2D eigenvalue weighted by molar-refractivity contribution is -0.115. The topological polar surface area (TPSA) is 41.1 Å². The Hall–Kier alpha value is -0.770. The molecule has 0 aromatic heterocycles. The molecule has 100 valence electrons. The molecular formula is C13H18Cl2N2O. The summed E-state index contributed by atoms with van der Waals surface area (Å²) in [5.41, 5.74) is 0.614. The van der Waals surface area contributed by atoms with Gasteiger partial charge in [-0.25, -0.2) is 0 Å². The number of hydrogen-bond donors (Lipinski definition) is 2. The van der Waals surface area contributed by atoms with Gasteiger partial charge in [-0.15, -0.1) is 0 Å². The van der Waals surface area contributed by atoms with Crippen molar-refractivity contribution in [2.45, 2.75) is 20.3 Å². The summed E-state index contributed by atoms with van der Waals surface area (Å²) < 4.78 is 0. The highest BCUT2D eigenvalue weighted by Crippen LogP contribution is 2.22. The largest absolute Gasteiger partial charge is 0.325 e. The van der Waals surface area contributed by atoms with Gasteiger partial charge in [-0.2, -0.15) is 0 Å². The van der Waals surface area contributed by atoms with E-state index in [0.717, 1.165) is 13.0 Å². The number of halogens is 2. The summed E-state index contributed by atoms with van der Waals surface area (Å²) in [6, 6.07) is 4.96. The molecule has 0 heterocycles. The van der Waals surface area contributed by atoms with Crippen molar-refractivity contribution in [3.8, 4) is 0 Å². The molecule has 0 aliphatic heterocycles. The fourth-order valence-electron chi connectivity index (χ4n) is 1.42. The second kappa shape index (κ2) is 7.62. The summed E-state index contributed by atoms with van der Waals surface area (Å²) in [7, 11) is 0. The van der Waals surface area contributed by atoms with Crippen molar-refractivity contribution in [3.05, 3.63) is 28.2 Å². The van der Waals surface area contributed by atoms with Crippen molar-refractivity contribution in [2.24, 2.45) is 5.92 Å². The Kier molecular flexibility index (Phi) is 6.47. The van der Waals surface area contributed by atoms with Gasteiger partial charge in [-0.1, -0.05) is 37.0 Å². The number of amides is 1. The van der Waals surface area contributed by atoms with Crippen LogP contribution in [0.5, 0.6) is 0 Å². The van der Waals surface area contributed by atoms with Crippen molar-refractivity contribution in [1.82, 2.24) is 5.32 Å². The third kappa shape index (κ3) is 6.24. The van der Waals surface area contributed by atoms with Crippen LogP contribution in [0, 0.1) is 5.92 Å². The van der Waals surface area contributed by atoms with Crippen LogP contribution in [0.4, 0.5) is 5.69 Å². The molecule has 2 N–H and O–H groups in total. The molecule has 0 unspecified atom stereocenters. The number of hydrogen-bond acceptors (Lipinski definition) is 2. The zero-order valence-electron chi connectivity index (χ0n) is 10.6. The van der Waals surface area contributed by atoms with Gasteiger partial charge in [0, 0.05) is 15.7 Å². The van der Waals surface area contributed by atoms with Crippen molar-refractivity contribution in [1.29, 1.82) is 0 Å². The normalized spacial score (nSPS) is 10.7. The molecule has 0 spiro atoms. The minimum absolute atomic E-state index is 0.0999. The number of benzene rings is 1. The lowest BCUT2D eigenvalue weighted by Gasteiger charge is -2.08. The van der Waals surface area contributed by atoms with Gasteiger partial charge in [0.2, 0.25) is 5.91 Å². The predicted octanol–water partition coefficient (Wildman–Crippen LogP) is 3.57. The highest BCUT2D eigenvalue weighted by atomic mass is 35.5. The molecule has 0 saturated carbocycles. The van der Waals surface area contributed by atoms with Crippen molar-refractivity contribution in [2.75, 3.05) is 18.4 Å². The van der Waals surface area contributed by atoms with Gasteiger partial charge >= 0.3 is 0 Å². The highest BCUT2D eigenvalue weighted by Gasteiger charge is 2.04. The average Bonchev–Trinajstić information content (AvgIpc) is 2.22. The summed E-state index contributed by atoms with van der Waals surface area (Å²) in [5.74, 6) is 0.532. The SMILES string of the molecule is CC(C)CCNCC(=O)Nc1cc(Cl)cc(Cl)c1. The third-order valence-electron chi connectivity index (χ3n) is 2.33. The van der Waals surface area contributed by atoms with Crippen molar-refractivity contribution in [3.63, 3.8) is 0 Å². The molecule has 0 atom stereocenters. The Labute approximate surface area is 118 Å². The van der Waals surface area contributed by atoms with Gasteiger partial charge in [-0.3, -0.25) is 4.79 Å². The van der Waals surface area contributed by atoms with Crippen LogP contribution in [-0.4, -0.2) is 19.0 Å². The van der Waals surface area contributed by atoms with E-state index in [0.29, 0.717) is 21.7 Å². The van der Waals surface area contributed by atoms with E-state index in [4.69, 9.17) is 23.2 Å². The fraction of sp³-hybridized carbons (Fsp3) is 0.462. The maximum atomic E-state index is 11.6. The first-order valence-electron chi connectivity index (χ1n) is 5.94. The predicted molar refractivity (Wildman–Crippen MR) is 77.4 cm³/mol. The van der Waals surface area contributed by atoms with Gasteiger partial charge < -0.3 is 10.6 Å². The van der Waals surface area contributed by atoms with Crippen LogP contribution in [0.1, 0.15) is 20.3 Å². The molecule has 0 aliphatic carbocycles.